The van der Waals surface area contributed by atoms with E-state index >= 15 is 0 Å². The monoisotopic (exact) mass is 286 g/mol. The number of sulfonamides is 1. The molecule has 108 valence electrons. The van der Waals surface area contributed by atoms with Gasteiger partial charge in [0.25, 0.3) is 0 Å². The van der Waals surface area contributed by atoms with E-state index < -0.39 is 10.0 Å². The van der Waals surface area contributed by atoms with Gasteiger partial charge in [0.1, 0.15) is 4.90 Å². The van der Waals surface area contributed by atoms with Crippen molar-refractivity contribution in [3.63, 3.8) is 0 Å². The van der Waals surface area contributed by atoms with Crippen molar-refractivity contribution in [3.05, 3.63) is 24.3 Å². The largest absolute Gasteiger partial charge is 0.382 e. The van der Waals surface area contributed by atoms with Gasteiger partial charge in [0, 0.05) is 19.2 Å². The van der Waals surface area contributed by atoms with Crippen LogP contribution in [0, 0.1) is 0 Å². The molecule has 0 aliphatic heterocycles. The minimum atomic E-state index is -3.49. The molecule has 0 unspecified atom stereocenters. The second-order valence-corrected chi connectivity index (χ2v) is 6.08. The molecule has 0 aliphatic rings. The van der Waals surface area contributed by atoms with Crippen molar-refractivity contribution >= 4 is 15.7 Å². The summed E-state index contributed by atoms with van der Waals surface area (Å²) < 4.78 is 32.1. The Hall–Kier alpha value is -1.11. The van der Waals surface area contributed by atoms with E-state index in [4.69, 9.17) is 4.74 Å². The second kappa shape index (κ2) is 7.47. The molecule has 2 N–H and O–H groups in total. The van der Waals surface area contributed by atoms with E-state index in [1.165, 1.54) is 0 Å². The molecular formula is C13H22N2O3S. The Morgan fingerprint density at radius 2 is 1.95 bits per heavy atom. The molecule has 0 radical (unpaired) electrons. The molecule has 1 aromatic carbocycles. The van der Waals surface area contributed by atoms with Gasteiger partial charge in [0.2, 0.25) is 10.0 Å². The van der Waals surface area contributed by atoms with Crippen molar-refractivity contribution in [1.29, 1.82) is 0 Å². The predicted octanol–water partition coefficient (Wildman–Crippen LogP) is 1.82. The van der Waals surface area contributed by atoms with Gasteiger partial charge in [-0.1, -0.05) is 12.1 Å². The van der Waals surface area contributed by atoms with Gasteiger partial charge in [0.15, 0.2) is 0 Å². The van der Waals surface area contributed by atoms with Gasteiger partial charge in [0.05, 0.1) is 12.3 Å². The fourth-order valence-corrected chi connectivity index (χ4v) is 3.06. The predicted molar refractivity (Wildman–Crippen MR) is 76.9 cm³/mol. The zero-order chi connectivity index (χ0) is 14.3. The van der Waals surface area contributed by atoms with Crippen LogP contribution in [0.4, 0.5) is 5.69 Å². The van der Waals surface area contributed by atoms with Crippen molar-refractivity contribution in [1.82, 2.24) is 4.72 Å². The van der Waals surface area contributed by atoms with Crippen LogP contribution in [0.2, 0.25) is 0 Å². The zero-order valence-electron chi connectivity index (χ0n) is 11.6. The third-order valence-corrected chi connectivity index (χ3v) is 4.05. The first-order valence-corrected chi connectivity index (χ1v) is 7.88. The van der Waals surface area contributed by atoms with Crippen molar-refractivity contribution < 1.29 is 13.2 Å². The van der Waals surface area contributed by atoms with Crippen LogP contribution in [-0.4, -0.2) is 34.2 Å². The molecule has 1 rings (SSSR count). The van der Waals surface area contributed by atoms with Gasteiger partial charge < -0.3 is 10.1 Å². The van der Waals surface area contributed by atoms with Crippen molar-refractivity contribution in [2.45, 2.75) is 31.7 Å². The van der Waals surface area contributed by atoms with E-state index in [1.807, 2.05) is 6.92 Å². The minimum Gasteiger partial charge on any atom is -0.382 e. The first kappa shape index (κ1) is 15.9. The molecule has 19 heavy (non-hydrogen) atoms. The van der Waals surface area contributed by atoms with Gasteiger partial charge in [-0.2, -0.15) is 0 Å². The van der Waals surface area contributed by atoms with Gasteiger partial charge >= 0.3 is 0 Å². The SMILES string of the molecule is CCOCCNc1ccccc1S(=O)(=O)NC(C)C. The second-order valence-electron chi connectivity index (χ2n) is 4.40. The Morgan fingerprint density at radius 3 is 2.58 bits per heavy atom. The number of para-hydroxylation sites is 1. The fourth-order valence-electron chi connectivity index (χ4n) is 1.62. The first-order chi connectivity index (χ1) is 8.97. The van der Waals surface area contributed by atoms with Crippen LogP contribution in [0.3, 0.4) is 0 Å². The highest BCUT2D eigenvalue weighted by molar-refractivity contribution is 7.89. The lowest BCUT2D eigenvalue weighted by molar-refractivity contribution is 0.158. The molecule has 0 aliphatic carbocycles. The standard InChI is InChI=1S/C13H22N2O3S/c1-4-18-10-9-14-12-7-5-6-8-13(12)19(16,17)15-11(2)3/h5-8,11,14-15H,4,9-10H2,1-3H3. The lowest BCUT2D eigenvalue weighted by atomic mass is 10.3. The quantitative estimate of drug-likeness (QED) is 0.715. The molecule has 1 aromatic rings. The van der Waals surface area contributed by atoms with E-state index in [2.05, 4.69) is 10.0 Å². The van der Waals surface area contributed by atoms with Gasteiger partial charge in [-0.25, -0.2) is 13.1 Å². The van der Waals surface area contributed by atoms with Gasteiger partial charge in [-0.05, 0) is 32.9 Å². The number of rotatable bonds is 8. The maximum Gasteiger partial charge on any atom is 0.242 e. The molecule has 0 saturated carbocycles. The van der Waals surface area contributed by atoms with Crippen molar-refractivity contribution in [2.75, 3.05) is 25.1 Å². The van der Waals surface area contributed by atoms with Gasteiger partial charge in [-0.15, -0.1) is 0 Å². The average molecular weight is 286 g/mol. The summed E-state index contributed by atoms with van der Waals surface area (Å²) in [5.74, 6) is 0. The zero-order valence-corrected chi connectivity index (χ0v) is 12.5. The summed E-state index contributed by atoms with van der Waals surface area (Å²) in [5.41, 5.74) is 0.593. The number of nitrogens with one attached hydrogen (secondary N) is 2. The Labute approximate surface area is 115 Å². The van der Waals surface area contributed by atoms with E-state index in [-0.39, 0.29) is 10.9 Å². The topological polar surface area (TPSA) is 67.4 Å². The Bertz CT molecular complexity index is 486. The Balaban J connectivity index is 2.83. The highest BCUT2D eigenvalue weighted by atomic mass is 32.2. The molecule has 6 heteroatoms. The lowest BCUT2D eigenvalue weighted by Gasteiger charge is -2.14. The van der Waals surface area contributed by atoms with E-state index in [9.17, 15) is 8.42 Å². The molecule has 0 atom stereocenters. The van der Waals surface area contributed by atoms with Crippen molar-refractivity contribution in [3.8, 4) is 0 Å². The normalized spacial score (nSPS) is 11.8. The summed E-state index contributed by atoms with van der Waals surface area (Å²) in [6.07, 6.45) is 0. The molecule has 5 nitrogen and oxygen atoms in total. The highest BCUT2D eigenvalue weighted by Crippen LogP contribution is 2.20. The fraction of sp³-hybridized carbons (Fsp3) is 0.538. The Kier molecular flexibility index (Phi) is 6.27. The third-order valence-electron chi connectivity index (χ3n) is 2.33. The van der Waals surface area contributed by atoms with Crippen LogP contribution in [0.1, 0.15) is 20.8 Å². The Morgan fingerprint density at radius 1 is 1.26 bits per heavy atom. The van der Waals surface area contributed by atoms with Crippen LogP contribution in [-0.2, 0) is 14.8 Å². The average Bonchev–Trinajstić information content (AvgIpc) is 2.33. The molecule has 0 fully saturated rings. The summed E-state index contributed by atoms with van der Waals surface area (Å²) in [4.78, 5) is 0.264. The number of hydrogen-bond acceptors (Lipinski definition) is 4. The van der Waals surface area contributed by atoms with E-state index in [0.717, 1.165) is 0 Å². The summed E-state index contributed by atoms with van der Waals surface area (Å²) >= 11 is 0. The van der Waals surface area contributed by atoms with Gasteiger partial charge in [-0.3, -0.25) is 0 Å². The molecular weight excluding hydrogens is 264 g/mol. The third kappa shape index (κ3) is 5.18. The number of benzene rings is 1. The summed E-state index contributed by atoms with van der Waals surface area (Å²) in [6.45, 7) is 7.28. The molecule has 0 saturated heterocycles. The molecule has 0 bridgehead atoms. The van der Waals surface area contributed by atoms with Crippen LogP contribution < -0.4 is 10.0 Å². The molecule has 0 spiro atoms. The summed E-state index contributed by atoms with van der Waals surface area (Å²) in [6, 6.07) is 6.72. The van der Waals surface area contributed by atoms with Crippen LogP contribution in [0.25, 0.3) is 0 Å². The number of hydrogen-bond donors (Lipinski definition) is 2. The smallest absolute Gasteiger partial charge is 0.242 e. The highest BCUT2D eigenvalue weighted by Gasteiger charge is 2.18. The molecule has 0 amide bonds. The summed E-state index contributed by atoms with van der Waals surface area (Å²) in [5, 5.41) is 3.08. The van der Waals surface area contributed by atoms with Crippen LogP contribution in [0.15, 0.2) is 29.2 Å². The number of anilines is 1. The summed E-state index contributed by atoms with van der Waals surface area (Å²) in [7, 11) is -3.49. The number of ether oxygens (including phenoxy) is 1. The van der Waals surface area contributed by atoms with Crippen molar-refractivity contribution in [2.24, 2.45) is 0 Å². The first-order valence-electron chi connectivity index (χ1n) is 6.40. The lowest BCUT2D eigenvalue weighted by Crippen LogP contribution is -2.30. The van der Waals surface area contributed by atoms with Crippen LogP contribution >= 0.6 is 0 Å². The maximum absolute atomic E-state index is 12.2. The van der Waals surface area contributed by atoms with E-state index in [1.54, 1.807) is 38.1 Å². The van der Waals surface area contributed by atoms with E-state index in [0.29, 0.717) is 25.4 Å². The minimum absolute atomic E-state index is 0.138. The molecule has 0 heterocycles. The molecule has 0 aromatic heterocycles. The van der Waals surface area contributed by atoms with Crippen LogP contribution in [0.5, 0.6) is 0 Å². The maximum atomic E-state index is 12.2.